The molecule has 3 nitrogen and oxygen atoms in total. The minimum atomic E-state index is 0.213. The summed E-state index contributed by atoms with van der Waals surface area (Å²) >= 11 is 3.61. The van der Waals surface area contributed by atoms with Crippen LogP contribution in [0.25, 0.3) is 0 Å². The van der Waals surface area contributed by atoms with Crippen LogP contribution in [0.15, 0.2) is 47.1 Å². The number of hydrazine groups is 1. The highest BCUT2D eigenvalue weighted by atomic mass is 79.9. The van der Waals surface area contributed by atoms with Crippen molar-refractivity contribution in [3.63, 3.8) is 0 Å². The van der Waals surface area contributed by atoms with Crippen molar-refractivity contribution in [1.29, 1.82) is 0 Å². The SMILES string of the molecule is NNC(Cc1ccccc1Br)C1CCc2cccnc21. The third kappa shape index (κ3) is 2.64. The Bertz CT molecular complexity index is 600. The lowest BCUT2D eigenvalue weighted by atomic mass is 9.92. The van der Waals surface area contributed by atoms with Crippen LogP contribution < -0.4 is 11.3 Å². The lowest BCUT2D eigenvalue weighted by molar-refractivity contribution is 0.428. The lowest BCUT2D eigenvalue weighted by Gasteiger charge is -2.23. The van der Waals surface area contributed by atoms with Gasteiger partial charge in [-0.3, -0.25) is 16.3 Å². The maximum atomic E-state index is 5.81. The van der Waals surface area contributed by atoms with Crippen molar-refractivity contribution in [3.05, 3.63) is 63.9 Å². The summed E-state index contributed by atoms with van der Waals surface area (Å²) in [5, 5.41) is 0. The molecule has 0 aliphatic heterocycles. The Hall–Kier alpha value is -1.23. The second-order valence-corrected chi connectivity index (χ2v) is 6.12. The highest BCUT2D eigenvalue weighted by Gasteiger charge is 2.30. The van der Waals surface area contributed by atoms with Crippen molar-refractivity contribution in [3.8, 4) is 0 Å². The standard InChI is InChI=1S/C16H18BrN3/c17-14-6-2-1-4-12(14)10-15(20-18)13-8-7-11-5-3-9-19-16(11)13/h1-6,9,13,15,20H,7-8,10,18H2. The molecule has 104 valence electrons. The van der Waals surface area contributed by atoms with Gasteiger partial charge in [0.25, 0.3) is 0 Å². The summed E-state index contributed by atoms with van der Waals surface area (Å²) in [6, 6.07) is 12.7. The van der Waals surface area contributed by atoms with Crippen LogP contribution >= 0.6 is 15.9 Å². The van der Waals surface area contributed by atoms with Crippen molar-refractivity contribution in [1.82, 2.24) is 10.4 Å². The molecule has 2 aromatic rings. The van der Waals surface area contributed by atoms with E-state index in [1.54, 1.807) is 0 Å². The molecular weight excluding hydrogens is 314 g/mol. The van der Waals surface area contributed by atoms with Crippen LogP contribution in [0.2, 0.25) is 0 Å². The van der Waals surface area contributed by atoms with E-state index in [4.69, 9.17) is 5.84 Å². The van der Waals surface area contributed by atoms with E-state index in [0.717, 1.165) is 23.7 Å². The van der Waals surface area contributed by atoms with Crippen LogP contribution in [0.4, 0.5) is 0 Å². The molecule has 3 N–H and O–H groups in total. The highest BCUT2D eigenvalue weighted by Crippen LogP contribution is 2.35. The van der Waals surface area contributed by atoms with Crippen LogP contribution in [-0.2, 0) is 12.8 Å². The fourth-order valence-corrected chi connectivity index (χ4v) is 3.50. The number of benzene rings is 1. The third-order valence-electron chi connectivity index (χ3n) is 4.10. The van der Waals surface area contributed by atoms with Gasteiger partial charge in [0.2, 0.25) is 0 Å². The summed E-state index contributed by atoms with van der Waals surface area (Å²) in [5.74, 6) is 6.21. The fourth-order valence-electron chi connectivity index (χ4n) is 3.05. The minimum Gasteiger partial charge on any atom is -0.271 e. The predicted octanol–water partition coefficient (Wildman–Crippen LogP) is 2.95. The number of halogens is 1. The second kappa shape index (κ2) is 6.04. The van der Waals surface area contributed by atoms with Crippen LogP contribution in [0, 0.1) is 0 Å². The molecule has 0 spiro atoms. The van der Waals surface area contributed by atoms with E-state index in [1.165, 1.54) is 16.8 Å². The normalized spacial score (nSPS) is 18.8. The highest BCUT2D eigenvalue weighted by molar-refractivity contribution is 9.10. The molecule has 1 aromatic carbocycles. The molecule has 0 fully saturated rings. The maximum absolute atomic E-state index is 5.81. The molecule has 1 heterocycles. The van der Waals surface area contributed by atoms with E-state index in [2.05, 4.69) is 50.6 Å². The quantitative estimate of drug-likeness (QED) is 0.669. The van der Waals surface area contributed by atoms with Crippen LogP contribution in [0.3, 0.4) is 0 Å². The number of fused-ring (bicyclic) bond motifs is 1. The average molecular weight is 332 g/mol. The van der Waals surface area contributed by atoms with Crippen molar-refractivity contribution in [2.45, 2.75) is 31.2 Å². The monoisotopic (exact) mass is 331 g/mol. The molecule has 0 saturated carbocycles. The van der Waals surface area contributed by atoms with Gasteiger partial charge in [0.05, 0.1) is 0 Å². The molecule has 20 heavy (non-hydrogen) atoms. The van der Waals surface area contributed by atoms with Gasteiger partial charge in [0, 0.05) is 28.3 Å². The summed E-state index contributed by atoms with van der Waals surface area (Å²) in [4.78, 5) is 4.57. The Morgan fingerprint density at radius 1 is 1.30 bits per heavy atom. The molecule has 1 aliphatic carbocycles. The van der Waals surface area contributed by atoms with Crippen molar-refractivity contribution in [2.75, 3.05) is 0 Å². The first-order valence-electron chi connectivity index (χ1n) is 6.93. The Morgan fingerprint density at radius 3 is 2.95 bits per heavy atom. The molecule has 0 saturated heterocycles. The fraction of sp³-hybridized carbons (Fsp3) is 0.312. The number of hydrogen-bond donors (Lipinski definition) is 2. The van der Waals surface area contributed by atoms with E-state index >= 15 is 0 Å². The summed E-state index contributed by atoms with van der Waals surface area (Å²) in [5.41, 5.74) is 6.85. The molecule has 3 rings (SSSR count). The number of nitrogens with two attached hydrogens (primary N) is 1. The molecule has 0 amide bonds. The van der Waals surface area contributed by atoms with Gasteiger partial charge < -0.3 is 0 Å². The molecule has 2 atom stereocenters. The summed E-state index contributed by atoms with van der Waals surface area (Å²) in [6.07, 6.45) is 5.00. The molecule has 0 radical (unpaired) electrons. The van der Waals surface area contributed by atoms with Crippen molar-refractivity contribution >= 4 is 15.9 Å². The van der Waals surface area contributed by atoms with Gasteiger partial charge >= 0.3 is 0 Å². The summed E-state index contributed by atoms with van der Waals surface area (Å²) in [7, 11) is 0. The van der Waals surface area contributed by atoms with Gasteiger partial charge in [-0.2, -0.15) is 0 Å². The topological polar surface area (TPSA) is 50.9 Å². The van der Waals surface area contributed by atoms with Gasteiger partial charge in [-0.15, -0.1) is 0 Å². The second-order valence-electron chi connectivity index (χ2n) is 5.26. The van der Waals surface area contributed by atoms with Crippen LogP contribution in [0.1, 0.15) is 29.2 Å². The molecule has 1 aromatic heterocycles. The van der Waals surface area contributed by atoms with E-state index in [0.29, 0.717) is 5.92 Å². The van der Waals surface area contributed by atoms with Crippen molar-refractivity contribution in [2.24, 2.45) is 5.84 Å². The van der Waals surface area contributed by atoms with Crippen molar-refractivity contribution < 1.29 is 0 Å². The van der Waals surface area contributed by atoms with Crippen LogP contribution in [0.5, 0.6) is 0 Å². The number of pyridine rings is 1. The van der Waals surface area contributed by atoms with E-state index in [9.17, 15) is 0 Å². The molecular formula is C16H18BrN3. The third-order valence-corrected chi connectivity index (χ3v) is 4.87. The van der Waals surface area contributed by atoms with E-state index in [1.807, 2.05) is 18.3 Å². The number of aryl methyl sites for hydroxylation is 1. The molecule has 0 bridgehead atoms. The van der Waals surface area contributed by atoms with Gasteiger partial charge in [0.15, 0.2) is 0 Å². The first kappa shape index (κ1) is 13.7. The van der Waals surface area contributed by atoms with E-state index < -0.39 is 0 Å². The molecule has 1 aliphatic rings. The molecule has 4 heteroatoms. The number of nitrogens with zero attached hydrogens (tertiary/aromatic N) is 1. The Kier molecular flexibility index (Phi) is 4.15. The number of aromatic nitrogens is 1. The Balaban J connectivity index is 1.83. The zero-order valence-corrected chi connectivity index (χ0v) is 12.8. The minimum absolute atomic E-state index is 0.213. The summed E-state index contributed by atoms with van der Waals surface area (Å²) < 4.78 is 1.14. The zero-order chi connectivity index (χ0) is 13.9. The van der Waals surface area contributed by atoms with Gasteiger partial charge in [-0.25, -0.2) is 0 Å². The van der Waals surface area contributed by atoms with E-state index in [-0.39, 0.29) is 6.04 Å². The first-order valence-corrected chi connectivity index (χ1v) is 7.72. The zero-order valence-electron chi connectivity index (χ0n) is 11.2. The first-order chi connectivity index (χ1) is 9.79. The Labute approximate surface area is 127 Å². The number of hydrogen-bond acceptors (Lipinski definition) is 3. The predicted molar refractivity (Wildman–Crippen MR) is 84.3 cm³/mol. The number of rotatable bonds is 4. The summed E-state index contributed by atoms with van der Waals surface area (Å²) in [6.45, 7) is 0. The Morgan fingerprint density at radius 2 is 2.15 bits per heavy atom. The largest absolute Gasteiger partial charge is 0.271 e. The maximum Gasteiger partial charge on any atom is 0.0482 e. The van der Waals surface area contributed by atoms with Gasteiger partial charge in [0.1, 0.15) is 0 Å². The van der Waals surface area contributed by atoms with Crippen LogP contribution in [-0.4, -0.2) is 11.0 Å². The number of nitrogens with one attached hydrogen (secondary N) is 1. The van der Waals surface area contributed by atoms with Gasteiger partial charge in [-0.05, 0) is 42.5 Å². The lowest BCUT2D eigenvalue weighted by Crippen LogP contribution is -2.41. The molecule has 2 unspecified atom stereocenters. The smallest absolute Gasteiger partial charge is 0.0482 e. The average Bonchev–Trinajstić information content (AvgIpc) is 2.90. The van der Waals surface area contributed by atoms with Gasteiger partial charge in [-0.1, -0.05) is 40.2 Å².